The van der Waals surface area contributed by atoms with Crippen LogP contribution in [0.1, 0.15) is 6.42 Å². The predicted octanol–water partition coefficient (Wildman–Crippen LogP) is -0.549. The molecule has 0 aromatic rings. The van der Waals surface area contributed by atoms with Gasteiger partial charge in [0.25, 0.3) is 0 Å². The summed E-state index contributed by atoms with van der Waals surface area (Å²) in [5, 5.41) is 8.53. The summed E-state index contributed by atoms with van der Waals surface area (Å²) in [5.74, 6) is 0.847. The maximum absolute atomic E-state index is 10.8. The molecule has 2 aliphatic heterocycles. The third kappa shape index (κ3) is 0.903. The molecule has 2 heterocycles. The van der Waals surface area contributed by atoms with Crippen molar-refractivity contribution in [1.82, 2.24) is 4.90 Å². The molecule has 0 aliphatic carbocycles. The molecule has 0 saturated carbocycles. The summed E-state index contributed by atoms with van der Waals surface area (Å²) in [6, 6.07) is 0. The van der Waals surface area contributed by atoms with Gasteiger partial charge in [-0.05, 0) is 6.08 Å². The monoisotopic (exact) mass is 155 g/mol. The summed E-state index contributed by atoms with van der Waals surface area (Å²) in [6.07, 6.45) is 2.04. The second kappa shape index (κ2) is 2.23. The fourth-order valence-corrected chi connectivity index (χ4v) is 1.31. The highest BCUT2D eigenvalue weighted by molar-refractivity contribution is 5.83. The molecule has 1 amide bonds. The smallest absolute Gasteiger partial charge is 0.231 e. The first-order valence-electron chi connectivity index (χ1n) is 3.57. The zero-order valence-electron chi connectivity index (χ0n) is 5.99. The summed E-state index contributed by atoms with van der Waals surface area (Å²) in [4.78, 5) is 12.5. The van der Waals surface area contributed by atoms with E-state index in [0.717, 1.165) is 0 Å². The third-order valence-electron chi connectivity index (χ3n) is 1.95. The van der Waals surface area contributed by atoms with Gasteiger partial charge in [0.15, 0.2) is 6.23 Å². The second-order valence-electron chi connectivity index (χ2n) is 2.65. The van der Waals surface area contributed by atoms with Gasteiger partial charge in [0, 0.05) is 0 Å². The van der Waals surface area contributed by atoms with Crippen molar-refractivity contribution in [2.24, 2.45) is 0 Å². The van der Waals surface area contributed by atoms with Crippen LogP contribution in [0.15, 0.2) is 11.8 Å². The maximum atomic E-state index is 10.8. The normalized spacial score (nSPS) is 31.7. The first kappa shape index (κ1) is 6.67. The van der Waals surface area contributed by atoms with Gasteiger partial charge < -0.3 is 9.84 Å². The minimum Gasteiger partial charge on any atom is -0.473 e. The van der Waals surface area contributed by atoms with Gasteiger partial charge in [-0.3, -0.25) is 9.69 Å². The number of amides is 1. The van der Waals surface area contributed by atoms with Gasteiger partial charge in [0.1, 0.15) is 5.76 Å². The molecule has 2 aliphatic rings. The molecular formula is C7H9NO3. The number of β-lactam (4-membered cyclic amide) rings is 1. The molecule has 0 bridgehead atoms. The van der Waals surface area contributed by atoms with Crippen LogP contribution in [0.3, 0.4) is 0 Å². The Morgan fingerprint density at radius 1 is 1.82 bits per heavy atom. The van der Waals surface area contributed by atoms with Gasteiger partial charge in [-0.1, -0.05) is 0 Å². The van der Waals surface area contributed by atoms with E-state index in [1.807, 2.05) is 0 Å². The average molecular weight is 155 g/mol. The Morgan fingerprint density at radius 3 is 3.18 bits per heavy atom. The van der Waals surface area contributed by atoms with E-state index in [0.29, 0.717) is 18.7 Å². The van der Waals surface area contributed by atoms with Gasteiger partial charge in [-0.15, -0.1) is 0 Å². The van der Waals surface area contributed by atoms with Crippen molar-refractivity contribution in [2.45, 2.75) is 12.6 Å². The van der Waals surface area contributed by atoms with Crippen LogP contribution in [0, 0.1) is 0 Å². The Bertz CT molecular complexity index is 224. The molecular weight excluding hydrogens is 146 g/mol. The molecule has 0 aromatic heterocycles. The molecule has 2 rings (SSSR count). The highest BCUT2D eigenvalue weighted by Crippen LogP contribution is 2.30. The minimum atomic E-state index is -0.0414. The topological polar surface area (TPSA) is 49.8 Å². The number of rotatable bonds is 1. The molecule has 2 saturated heterocycles. The number of fused-ring (bicyclic) bond motifs is 1. The summed E-state index contributed by atoms with van der Waals surface area (Å²) in [5.41, 5.74) is 0. The van der Waals surface area contributed by atoms with Crippen LogP contribution >= 0.6 is 0 Å². The van der Waals surface area contributed by atoms with Crippen LogP contribution < -0.4 is 0 Å². The number of carbonyl (C=O) groups excluding carboxylic acids is 1. The van der Waals surface area contributed by atoms with Gasteiger partial charge in [0.05, 0.1) is 19.6 Å². The highest BCUT2D eigenvalue weighted by Gasteiger charge is 2.43. The quantitative estimate of drug-likeness (QED) is 0.517. The first-order valence-corrected chi connectivity index (χ1v) is 3.57. The number of carbonyl (C=O) groups is 1. The number of hydrogen-bond acceptors (Lipinski definition) is 3. The number of aliphatic hydroxyl groups is 1. The molecule has 1 unspecified atom stereocenters. The van der Waals surface area contributed by atoms with Crippen molar-refractivity contribution in [2.75, 3.05) is 13.2 Å². The molecule has 4 heteroatoms. The molecule has 11 heavy (non-hydrogen) atoms. The van der Waals surface area contributed by atoms with E-state index in [2.05, 4.69) is 0 Å². The van der Waals surface area contributed by atoms with Gasteiger partial charge in [-0.2, -0.15) is 0 Å². The lowest BCUT2D eigenvalue weighted by Crippen LogP contribution is -2.48. The molecule has 0 radical (unpaired) electrons. The van der Waals surface area contributed by atoms with E-state index in [1.54, 1.807) is 11.0 Å². The van der Waals surface area contributed by atoms with Crippen molar-refractivity contribution in [1.29, 1.82) is 0 Å². The zero-order chi connectivity index (χ0) is 7.84. The fourth-order valence-electron chi connectivity index (χ4n) is 1.31. The minimum absolute atomic E-state index is 0.0237. The molecule has 60 valence electrons. The van der Waals surface area contributed by atoms with E-state index in [1.165, 1.54) is 0 Å². The van der Waals surface area contributed by atoms with E-state index < -0.39 is 0 Å². The third-order valence-corrected chi connectivity index (χ3v) is 1.95. The van der Waals surface area contributed by atoms with Crippen LogP contribution in [-0.2, 0) is 9.53 Å². The van der Waals surface area contributed by atoms with Gasteiger partial charge in [-0.25, -0.2) is 0 Å². The Labute approximate surface area is 64.1 Å². The maximum Gasteiger partial charge on any atom is 0.231 e. The fraction of sp³-hybridized carbons (Fsp3) is 0.571. The van der Waals surface area contributed by atoms with Crippen molar-refractivity contribution >= 4 is 5.91 Å². The lowest BCUT2D eigenvalue weighted by molar-refractivity contribution is -0.154. The Kier molecular flexibility index (Phi) is 1.35. The van der Waals surface area contributed by atoms with E-state index in [4.69, 9.17) is 9.84 Å². The molecule has 1 N–H and O–H groups in total. The zero-order valence-corrected chi connectivity index (χ0v) is 5.99. The number of hydrogen-bond donors (Lipinski definition) is 1. The Hall–Kier alpha value is -1.03. The van der Waals surface area contributed by atoms with Gasteiger partial charge in [0.2, 0.25) is 5.91 Å². The second-order valence-corrected chi connectivity index (χ2v) is 2.65. The summed E-state index contributed by atoms with van der Waals surface area (Å²) in [7, 11) is 0. The SMILES string of the molecule is O=C1CC2OC(=CCO)CN12. The van der Waals surface area contributed by atoms with Crippen molar-refractivity contribution in [3.8, 4) is 0 Å². The number of nitrogens with zero attached hydrogens (tertiary/aromatic N) is 1. The Balaban J connectivity index is 2.04. The van der Waals surface area contributed by atoms with Crippen LogP contribution in [0.4, 0.5) is 0 Å². The standard InChI is InChI=1S/C7H9NO3/c9-2-1-5-4-8-6(10)3-7(8)11-5/h1,7,9H,2-4H2. The summed E-state index contributed by atoms with van der Waals surface area (Å²) >= 11 is 0. The lowest BCUT2D eigenvalue weighted by atomic mass is 10.2. The highest BCUT2D eigenvalue weighted by atomic mass is 16.5. The van der Waals surface area contributed by atoms with Crippen molar-refractivity contribution in [3.63, 3.8) is 0 Å². The van der Waals surface area contributed by atoms with E-state index >= 15 is 0 Å². The average Bonchev–Trinajstić information content (AvgIpc) is 2.29. The summed E-state index contributed by atoms with van der Waals surface area (Å²) in [6.45, 7) is 0.508. The molecule has 0 aromatic carbocycles. The summed E-state index contributed by atoms with van der Waals surface area (Å²) < 4.78 is 5.28. The largest absolute Gasteiger partial charge is 0.473 e. The molecule has 2 fully saturated rings. The molecule has 4 nitrogen and oxygen atoms in total. The lowest BCUT2D eigenvalue weighted by Gasteiger charge is -2.30. The molecule has 1 atom stereocenters. The van der Waals surface area contributed by atoms with E-state index in [9.17, 15) is 4.79 Å². The van der Waals surface area contributed by atoms with Crippen molar-refractivity contribution < 1.29 is 14.6 Å². The van der Waals surface area contributed by atoms with Crippen molar-refractivity contribution in [3.05, 3.63) is 11.8 Å². The number of ether oxygens (including phenoxy) is 1. The van der Waals surface area contributed by atoms with Crippen LogP contribution in [0.25, 0.3) is 0 Å². The van der Waals surface area contributed by atoms with Crippen LogP contribution in [-0.4, -0.2) is 35.3 Å². The van der Waals surface area contributed by atoms with Crippen LogP contribution in [0.2, 0.25) is 0 Å². The first-order chi connectivity index (χ1) is 5.31. The number of aliphatic hydroxyl groups excluding tert-OH is 1. The Morgan fingerprint density at radius 2 is 2.64 bits per heavy atom. The van der Waals surface area contributed by atoms with Crippen LogP contribution in [0.5, 0.6) is 0 Å². The molecule has 0 spiro atoms. The van der Waals surface area contributed by atoms with Gasteiger partial charge >= 0.3 is 0 Å². The van der Waals surface area contributed by atoms with E-state index in [-0.39, 0.29) is 18.7 Å². The predicted molar refractivity (Wildman–Crippen MR) is 36.4 cm³/mol.